The van der Waals surface area contributed by atoms with E-state index in [1.54, 1.807) is 14.2 Å². The van der Waals surface area contributed by atoms with Crippen molar-refractivity contribution in [3.63, 3.8) is 0 Å². The summed E-state index contributed by atoms with van der Waals surface area (Å²) in [6.45, 7) is 0.605. The molecule has 2 aromatic carbocycles. The van der Waals surface area contributed by atoms with Crippen molar-refractivity contribution < 1.29 is 14.6 Å². The molecule has 0 unspecified atom stereocenters. The topological polar surface area (TPSA) is 56.5 Å². The summed E-state index contributed by atoms with van der Waals surface area (Å²) in [6.07, 6.45) is 1.84. The van der Waals surface area contributed by atoms with Gasteiger partial charge in [-0.1, -0.05) is 0 Å². The highest BCUT2D eigenvalue weighted by atomic mass is 127. The number of halogens is 1. The molecule has 1 aromatic heterocycles. The quantitative estimate of drug-likeness (QED) is 0.640. The summed E-state index contributed by atoms with van der Waals surface area (Å²) >= 11 is 2.23. The first kappa shape index (κ1) is 16.1. The normalized spacial score (nSPS) is 11.0. The van der Waals surface area contributed by atoms with Crippen LogP contribution in [0.5, 0.6) is 11.5 Å². The first-order valence-corrected chi connectivity index (χ1v) is 8.20. The molecule has 1 N–H and O–H groups in total. The summed E-state index contributed by atoms with van der Waals surface area (Å²) in [6, 6.07) is 9.77. The molecule has 0 aliphatic rings. The molecule has 5 nitrogen and oxygen atoms in total. The van der Waals surface area contributed by atoms with Crippen LogP contribution in [0.1, 0.15) is 11.1 Å². The predicted octanol–water partition coefficient (Wildman–Crippen LogP) is 3.20. The SMILES string of the molecule is COc1ccc(Cn2ncc3cc(I)c(CO)cc32)c(OC)c1. The van der Waals surface area contributed by atoms with Gasteiger partial charge in [-0.2, -0.15) is 5.10 Å². The van der Waals surface area contributed by atoms with Crippen molar-refractivity contribution in [1.29, 1.82) is 0 Å². The summed E-state index contributed by atoms with van der Waals surface area (Å²) in [5.41, 5.74) is 2.91. The second-order valence-corrected chi connectivity index (χ2v) is 6.30. The molecule has 0 saturated heterocycles. The van der Waals surface area contributed by atoms with E-state index in [4.69, 9.17) is 9.47 Å². The third-order valence-electron chi connectivity index (χ3n) is 3.79. The zero-order valence-corrected chi connectivity index (χ0v) is 15.1. The number of benzene rings is 2. The van der Waals surface area contributed by atoms with Crippen molar-refractivity contribution in [2.24, 2.45) is 0 Å². The maximum Gasteiger partial charge on any atom is 0.127 e. The van der Waals surface area contributed by atoms with Crippen LogP contribution in [0, 0.1) is 3.57 Å². The Morgan fingerprint density at radius 1 is 1.13 bits per heavy atom. The van der Waals surface area contributed by atoms with Crippen LogP contribution in [0.4, 0.5) is 0 Å². The zero-order valence-electron chi connectivity index (χ0n) is 12.9. The van der Waals surface area contributed by atoms with Gasteiger partial charge in [0.2, 0.25) is 0 Å². The van der Waals surface area contributed by atoms with E-state index in [0.717, 1.165) is 37.1 Å². The number of hydrogen-bond donors (Lipinski definition) is 1. The van der Waals surface area contributed by atoms with Crippen LogP contribution in [-0.2, 0) is 13.2 Å². The van der Waals surface area contributed by atoms with Gasteiger partial charge in [-0.15, -0.1) is 0 Å². The van der Waals surface area contributed by atoms with E-state index in [0.29, 0.717) is 6.54 Å². The number of hydrogen-bond acceptors (Lipinski definition) is 4. The van der Waals surface area contributed by atoms with Crippen molar-refractivity contribution in [1.82, 2.24) is 9.78 Å². The van der Waals surface area contributed by atoms with E-state index in [1.165, 1.54) is 0 Å². The van der Waals surface area contributed by atoms with Gasteiger partial charge in [0.25, 0.3) is 0 Å². The molecule has 120 valence electrons. The Bertz CT molecular complexity index is 845. The molecule has 0 amide bonds. The van der Waals surface area contributed by atoms with E-state index in [2.05, 4.69) is 27.7 Å². The van der Waals surface area contributed by atoms with Crippen LogP contribution >= 0.6 is 22.6 Å². The second-order valence-electron chi connectivity index (χ2n) is 5.14. The maximum atomic E-state index is 9.47. The molecule has 1 heterocycles. The minimum absolute atomic E-state index is 0.0191. The van der Waals surface area contributed by atoms with Gasteiger partial charge >= 0.3 is 0 Å². The Balaban J connectivity index is 2.02. The average Bonchev–Trinajstić information content (AvgIpc) is 2.96. The van der Waals surface area contributed by atoms with Gasteiger partial charge in [0, 0.05) is 20.6 Å². The van der Waals surface area contributed by atoms with E-state index in [9.17, 15) is 5.11 Å². The standard InChI is InChI=1S/C17H17IN2O3/c1-22-14-4-3-11(17(7-14)23-2)9-20-16-6-13(10-21)15(18)5-12(16)8-19-20/h3-8,21H,9-10H2,1-2H3. The fourth-order valence-corrected chi connectivity index (χ4v) is 3.19. The van der Waals surface area contributed by atoms with Crippen LogP contribution in [0.25, 0.3) is 10.9 Å². The van der Waals surface area contributed by atoms with Crippen molar-refractivity contribution in [2.45, 2.75) is 13.2 Å². The number of ether oxygens (including phenoxy) is 2. The largest absolute Gasteiger partial charge is 0.497 e. The molecular weight excluding hydrogens is 407 g/mol. The van der Waals surface area contributed by atoms with Crippen LogP contribution in [-0.4, -0.2) is 29.1 Å². The Labute approximate surface area is 148 Å². The molecule has 0 spiro atoms. The van der Waals surface area contributed by atoms with E-state index in [1.807, 2.05) is 41.2 Å². The Hall–Kier alpha value is -1.80. The predicted molar refractivity (Wildman–Crippen MR) is 97.0 cm³/mol. The molecule has 0 bridgehead atoms. The number of aromatic nitrogens is 2. The lowest BCUT2D eigenvalue weighted by molar-refractivity contribution is 0.281. The summed E-state index contributed by atoms with van der Waals surface area (Å²) in [4.78, 5) is 0. The van der Waals surface area contributed by atoms with E-state index in [-0.39, 0.29) is 6.61 Å². The van der Waals surface area contributed by atoms with Gasteiger partial charge in [0.1, 0.15) is 11.5 Å². The fourth-order valence-electron chi connectivity index (χ4n) is 2.53. The molecule has 0 aliphatic heterocycles. The smallest absolute Gasteiger partial charge is 0.127 e. The minimum Gasteiger partial charge on any atom is -0.497 e. The first-order valence-electron chi connectivity index (χ1n) is 7.12. The lowest BCUT2D eigenvalue weighted by Crippen LogP contribution is -2.04. The maximum absolute atomic E-state index is 9.47. The van der Waals surface area contributed by atoms with E-state index >= 15 is 0 Å². The lowest BCUT2D eigenvalue weighted by Gasteiger charge is -2.11. The molecule has 0 fully saturated rings. The number of aliphatic hydroxyl groups is 1. The van der Waals surface area contributed by atoms with Crippen molar-refractivity contribution in [3.8, 4) is 11.5 Å². The van der Waals surface area contributed by atoms with Crippen molar-refractivity contribution in [3.05, 3.63) is 51.2 Å². The van der Waals surface area contributed by atoms with Crippen LogP contribution in [0.2, 0.25) is 0 Å². The molecule has 3 aromatic rings. The van der Waals surface area contributed by atoms with E-state index < -0.39 is 0 Å². The average molecular weight is 424 g/mol. The monoisotopic (exact) mass is 424 g/mol. The number of nitrogens with zero attached hydrogens (tertiary/aromatic N) is 2. The second kappa shape index (κ2) is 6.76. The molecular formula is C17H17IN2O3. The summed E-state index contributed by atoms with van der Waals surface area (Å²) in [5, 5.41) is 15.0. The number of rotatable bonds is 5. The lowest BCUT2D eigenvalue weighted by atomic mass is 10.1. The zero-order chi connectivity index (χ0) is 16.4. The molecule has 0 aliphatic carbocycles. The number of aliphatic hydroxyl groups excluding tert-OH is 1. The van der Waals surface area contributed by atoms with Crippen LogP contribution in [0.15, 0.2) is 36.5 Å². The Morgan fingerprint density at radius 2 is 1.96 bits per heavy atom. The molecule has 0 saturated carbocycles. The van der Waals surface area contributed by atoms with Gasteiger partial charge in [-0.05, 0) is 52.4 Å². The van der Waals surface area contributed by atoms with Gasteiger partial charge in [0.05, 0.1) is 39.1 Å². The third-order valence-corrected chi connectivity index (χ3v) is 4.80. The number of methoxy groups -OCH3 is 2. The Morgan fingerprint density at radius 3 is 2.65 bits per heavy atom. The van der Waals surface area contributed by atoms with Crippen LogP contribution in [0.3, 0.4) is 0 Å². The van der Waals surface area contributed by atoms with Gasteiger partial charge < -0.3 is 14.6 Å². The minimum atomic E-state index is 0.0191. The summed E-state index contributed by atoms with van der Waals surface area (Å²) in [5.74, 6) is 1.52. The summed E-state index contributed by atoms with van der Waals surface area (Å²) < 4.78 is 13.6. The van der Waals surface area contributed by atoms with Gasteiger partial charge in [-0.3, -0.25) is 4.68 Å². The van der Waals surface area contributed by atoms with Gasteiger partial charge in [0.15, 0.2) is 0 Å². The molecule has 6 heteroatoms. The molecule has 3 rings (SSSR count). The fraction of sp³-hybridized carbons (Fsp3) is 0.235. The third kappa shape index (κ3) is 3.13. The van der Waals surface area contributed by atoms with Crippen LogP contribution < -0.4 is 9.47 Å². The van der Waals surface area contributed by atoms with Gasteiger partial charge in [-0.25, -0.2) is 0 Å². The Kier molecular flexibility index (Phi) is 4.72. The molecule has 23 heavy (non-hydrogen) atoms. The summed E-state index contributed by atoms with van der Waals surface area (Å²) in [7, 11) is 3.28. The van der Waals surface area contributed by atoms with Crippen molar-refractivity contribution in [2.75, 3.05) is 14.2 Å². The number of fused-ring (bicyclic) bond motifs is 1. The highest BCUT2D eigenvalue weighted by Gasteiger charge is 2.11. The van der Waals surface area contributed by atoms with Crippen molar-refractivity contribution >= 4 is 33.5 Å². The highest BCUT2D eigenvalue weighted by Crippen LogP contribution is 2.27. The first-order chi connectivity index (χ1) is 11.2. The molecule has 0 radical (unpaired) electrons. The molecule has 0 atom stereocenters. The highest BCUT2D eigenvalue weighted by molar-refractivity contribution is 14.1.